The highest BCUT2D eigenvalue weighted by Crippen LogP contribution is 2.36. The summed E-state index contributed by atoms with van der Waals surface area (Å²) in [6.07, 6.45) is 1.78. The zero-order valence-corrected chi connectivity index (χ0v) is 10.9. The lowest BCUT2D eigenvalue weighted by atomic mass is 10.2. The summed E-state index contributed by atoms with van der Waals surface area (Å²) in [7, 11) is 0. The maximum atomic E-state index is 6.12. The van der Waals surface area contributed by atoms with Crippen LogP contribution in [-0.2, 0) is 0 Å². The molecule has 0 amide bonds. The second kappa shape index (κ2) is 4.72. The molecule has 0 radical (unpaired) electrons. The topological polar surface area (TPSA) is 38.9 Å². The predicted octanol–water partition coefficient (Wildman–Crippen LogP) is 4.14. The fourth-order valence-electron chi connectivity index (χ4n) is 1.29. The van der Waals surface area contributed by atoms with Crippen LogP contribution >= 0.6 is 34.5 Å². The molecule has 84 valence electrons. The number of rotatable bonds is 2. The first-order valence-corrected chi connectivity index (χ1v) is 6.32. The van der Waals surface area contributed by atoms with Crippen LogP contribution in [0.3, 0.4) is 0 Å². The van der Waals surface area contributed by atoms with E-state index in [-0.39, 0.29) is 6.04 Å². The van der Waals surface area contributed by atoms with E-state index in [2.05, 4.69) is 4.98 Å². The smallest absolute Gasteiger partial charge is 0.125 e. The van der Waals surface area contributed by atoms with Gasteiger partial charge in [-0.15, -0.1) is 11.3 Å². The van der Waals surface area contributed by atoms with Gasteiger partial charge in [0.25, 0.3) is 0 Å². The van der Waals surface area contributed by atoms with Gasteiger partial charge < -0.3 is 5.73 Å². The third kappa shape index (κ3) is 2.23. The Kier molecular flexibility index (Phi) is 3.50. The first-order valence-electron chi connectivity index (χ1n) is 4.75. The fourth-order valence-corrected chi connectivity index (χ4v) is 2.64. The number of nitrogens with two attached hydrogens (primary N) is 1. The number of aromatic nitrogens is 1. The van der Waals surface area contributed by atoms with Crippen molar-refractivity contribution in [1.82, 2.24) is 4.98 Å². The van der Waals surface area contributed by atoms with Crippen LogP contribution in [0.25, 0.3) is 10.6 Å². The van der Waals surface area contributed by atoms with Gasteiger partial charge in [-0.2, -0.15) is 0 Å². The normalized spacial score (nSPS) is 12.8. The monoisotopic (exact) mass is 272 g/mol. The van der Waals surface area contributed by atoms with Gasteiger partial charge in [0.1, 0.15) is 5.01 Å². The third-order valence-electron chi connectivity index (χ3n) is 2.15. The van der Waals surface area contributed by atoms with Crippen LogP contribution in [-0.4, -0.2) is 4.98 Å². The quantitative estimate of drug-likeness (QED) is 0.893. The number of nitrogens with zero attached hydrogens (tertiary/aromatic N) is 1. The molecule has 0 aliphatic rings. The zero-order valence-electron chi connectivity index (χ0n) is 8.58. The van der Waals surface area contributed by atoms with Gasteiger partial charge >= 0.3 is 0 Å². The van der Waals surface area contributed by atoms with Crippen molar-refractivity contribution in [3.05, 3.63) is 39.3 Å². The van der Waals surface area contributed by atoms with Gasteiger partial charge in [-0.25, -0.2) is 4.98 Å². The zero-order chi connectivity index (χ0) is 11.7. The van der Waals surface area contributed by atoms with Crippen LogP contribution < -0.4 is 5.73 Å². The van der Waals surface area contributed by atoms with E-state index in [0.29, 0.717) is 10.0 Å². The van der Waals surface area contributed by atoms with Crippen molar-refractivity contribution >= 4 is 34.5 Å². The van der Waals surface area contributed by atoms with Gasteiger partial charge in [0, 0.05) is 22.7 Å². The molecule has 0 fully saturated rings. The molecule has 2 N–H and O–H groups in total. The molecule has 1 heterocycles. The van der Waals surface area contributed by atoms with Crippen LogP contribution in [0.2, 0.25) is 10.0 Å². The van der Waals surface area contributed by atoms with E-state index < -0.39 is 0 Å². The molecule has 1 atom stereocenters. The molecular weight excluding hydrogens is 263 g/mol. The highest BCUT2D eigenvalue weighted by molar-refractivity contribution is 7.15. The van der Waals surface area contributed by atoms with E-state index in [1.165, 1.54) is 11.3 Å². The summed E-state index contributed by atoms with van der Waals surface area (Å²) in [4.78, 5) is 5.34. The van der Waals surface area contributed by atoms with E-state index in [1.807, 2.05) is 19.1 Å². The van der Waals surface area contributed by atoms with Gasteiger partial charge in [-0.05, 0) is 13.0 Å². The summed E-state index contributed by atoms with van der Waals surface area (Å²) < 4.78 is 0. The van der Waals surface area contributed by atoms with Crippen molar-refractivity contribution in [2.45, 2.75) is 13.0 Å². The summed E-state index contributed by atoms with van der Waals surface area (Å²) >= 11 is 13.6. The van der Waals surface area contributed by atoms with Gasteiger partial charge in [0.05, 0.1) is 10.0 Å². The van der Waals surface area contributed by atoms with E-state index in [1.54, 1.807) is 12.3 Å². The SMILES string of the molecule is CC(N)c1cnc(-c2cccc(Cl)c2Cl)s1. The summed E-state index contributed by atoms with van der Waals surface area (Å²) in [6.45, 7) is 1.93. The molecule has 1 aromatic heterocycles. The molecule has 1 aromatic carbocycles. The molecule has 0 bridgehead atoms. The van der Waals surface area contributed by atoms with Crippen LogP contribution in [0.5, 0.6) is 0 Å². The van der Waals surface area contributed by atoms with Crippen molar-refractivity contribution in [2.75, 3.05) is 0 Å². The Labute approximate surface area is 108 Å². The number of benzene rings is 1. The molecule has 0 aliphatic carbocycles. The molecule has 0 aliphatic heterocycles. The maximum Gasteiger partial charge on any atom is 0.125 e. The summed E-state index contributed by atoms with van der Waals surface area (Å²) in [5, 5.41) is 1.92. The molecular formula is C11H10Cl2N2S. The highest BCUT2D eigenvalue weighted by atomic mass is 35.5. The van der Waals surface area contributed by atoms with E-state index in [9.17, 15) is 0 Å². The second-order valence-electron chi connectivity index (χ2n) is 3.46. The van der Waals surface area contributed by atoms with E-state index in [0.717, 1.165) is 15.4 Å². The largest absolute Gasteiger partial charge is 0.323 e. The van der Waals surface area contributed by atoms with Crippen molar-refractivity contribution in [1.29, 1.82) is 0 Å². The molecule has 0 saturated carbocycles. The maximum absolute atomic E-state index is 6.12. The molecule has 2 aromatic rings. The minimum Gasteiger partial charge on any atom is -0.323 e. The average Bonchev–Trinajstić information content (AvgIpc) is 2.71. The first kappa shape index (κ1) is 11.9. The van der Waals surface area contributed by atoms with Crippen molar-refractivity contribution in [2.24, 2.45) is 5.73 Å². The van der Waals surface area contributed by atoms with Crippen molar-refractivity contribution < 1.29 is 0 Å². The number of halogens is 2. The minimum atomic E-state index is -0.00999. The molecule has 16 heavy (non-hydrogen) atoms. The number of thiazole rings is 1. The standard InChI is InChI=1S/C11H10Cl2N2S/c1-6(14)9-5-15-11(16-9)7-3-2-4-8(12)10(7)13/h2-6H,14H2,1H3. The summed E-state index contributed by atoms with van der Waals surface area (Å²) in [6, 6.07) is 5.51. The Morgan fingerprint density at radius 3 is 2.75 bits per heavy atom. The van der Waals surface area contributed by atoms with Gasteiger partial charge in [-0.3, -0.25) is 0 Å². The highest BCUT2D eigenvalue weighted by Gasteiger charge is 2.12. The Balaban J connectivity index is 2.47. The van der Waals surface area contributed by atoms with Crippen molar-refractivity contribution in [3.63, 3.8) is 0 Å². The van der Waals surface area contributed by atoms with E-state index in [4.69, 9.17) is 28.9 Å². The Bertz CT molecular complexity index is 508. The molecule has 2 nitrogen and oxygen atoms in total. The molecule has 0 saturated heterocycles. The third-order valence-corrected chi connectivity index (χ3v) is 4.20. The fraction of sp³-hybridized carbons (Fsp3) is 0.182. The van der Waals surface area contributed by atoms with Crippen molar-refractivity contribution in [3.8, 4) is 10.6 Å². The van der Waals surface area contributed by atoms with Crippen LogP contribution in [0, 0.1) is 0 Å². The van der Waals surface area contributed by atoms with Gasteiger partial charge in [0.15, 0.2) is 0 Å². The first-order chi connectivity index (χ1) is 7.59. The molecule has 2 rings (SSSR count). The predicted molar refractivity (Wildman–Crippen MR) is 70.2 cm³/mol. The van der Waals surface area contributed by atoms with Gasteiger partial charge in [0.2, 0.25) is 0 Å². The Morgan fingerprint density at radius 2 is 2.12 bits per heavy atom. The van der Waals surface area contributed by atoms with Crippen LogP contribution in [0.1, 0.15) is 17.8 Å². The van der Waals surface area contributed by atoms with E-state index >= 15 is 0 Å². The Morgan fingerprint density at radius 1 is 1.38 bits per heavy atom. The lowest BCUT2D eigenvalue weighted by Crippen LogP contribution is -2.01. The number of hydrogen-bond acceptors (Lipinski definition) is 3. The molecule has 1 unspecified atom stereocenters. The van der Waals surface area contributed by atoms with Crippen LogP contribution in [0.15, 0.2) is 24.4 Å². The summed E-state index contributed by atoms with van der Waals surface area (Å²) in [5.74, 6) is 0. The van der Waals surface area contributed by atoms with Gasteiger partial charge in [-0.1, -0.05) is 35.3 Å². The minimum absolute atomic E-state index is 0.00999. The Hall–Kier alpha value is -0.610. The second-order valence-corrected chi connectivity index (χ2v) is 5.31. The van der Waals surface area contributed by atoms with Crippen LogP contribution in [0.4, 0.5) is 0 Å². The lowest BCUT2D eigenvalue weighted by molar-refractivity contribution is 0.835. The molecule has 0 spiro atoms. The molecule has 5 heteroatoms. The average molecular weight is 273 g/mol. The number of hydrogen-bond donors (Lipinski definition) is 1. The lowest BCUT2D eigenvalue weighted by Gasteiger charge is -2.01. The summed E-state index contributed by atoms with van der Waals surface area (Å²) in [5.41, 5.74) is 6.64.